The predicted octanol–water partition coefficient (Wildman–Crippen LogP) is 3.20. The quantitative estimate of drug-likeness (QED) is 0.667. The van der Waals surface area contributed by atoms with E-state index in [9.17, 15) is 9.59 Å². The highest BCUT2D eigenvalue weighted by atomic mass is 16.5. The van der Waals surface area contributed by atoms with E-state index in [0.29, 0.717) is 44.9 Å². The van der Waals surface area contributed by atoms with Crippen molar-refractivity contribution in [2.45, 2.75) is 32.3 Å². The molecule has 1 atom stereocenters. The van der Waals surface area contributed by atoms with Gasteiger partial charge in [-0.05, 0) is 55.2 Å². The van der Waals surface area contributed by atoms with Crippen LogP contribution >= 0.6 is 0 Å². The fourth-order valence-corrected chi connectivity index (χ4v) is 4.29. The Balaban J connectivity index is 1.22. The van der Waals surface area contributed by atoms with Gasteiger partial charge in [-0.15, -0.1) is 0 Å². The molecule has 7 heteroatoms. The summed E-state index contributed by atoms with van der Waals surface area (Å²) in [6, 6.07) is 15.2. The van der Waals surface area contributed by atoms with E-state index < -0.39 is 0 Å². The first-order chi connectivity index (χ1) is 16.1. The van der Waals surface area contributed by atoms with Gasteiger partial charge in [-0.3, -0.25) is 14.5 Å². The summed E-state index contributed by atoms with van der Waals surface area (Å²) in [5.74, 6) is 0.749. The van der Waals surface area contributed by atoms with Crippen LogP contribution in [0.1, 0.15) is 35.7 Å². The van der Waals surface area contributed by atoms with Crippen LogP contribution in [0.3, 0.4) is 0 Å². The molecule has 0 bridgehead atoms. The summed E-state index contributed by atoms with van der Waals surface area (Å²) in [5.41, 5.74) is 2.66. The average molecular weight is 452 g/mol. The molecule has 1 N–H and O–H groups in total. The molecule has 2 amide bonds. The molecule has 0 aliphatic carbocycles. The number of amides is 2. The van der Waals surface area contributed by atoms with Crippen molar-refractivity contribution in [2.75, 3.05) is 51.3 Å². The van der Waals surface area contributed by atoms with Crippen molar-refractivity contribution in [1.82, 2.24) is 9.80 Å². The van der Waals surface area contributed by atoms with E-state index in [0.717, 1.165) is 42.9 Å². The fourth-order valence-electron chi connectivity index (χ4n) is 4.29. The third-order valence-corrected chi connectivity index (χ3v) is 6.26. The summed E-state index contributed by atoms with van der Waals surface area (Å²) >= 11 is 0. The van der Waals surface area contributed by atoms with E-state index in [4.69, 9.17) is 9.47 Å². The molecular weight excluding hydrogens is 418 g/mol. The minimum Gasteiger partial charge on any atom is -0.491 e. The summed E-state index contributed by atoms with van der Waals surface area (Å²) in [6.45, 7) is 6.33. The van der Waals surface area contributed by atoms with Crippen molar-refractivity contribution in [2.24, 2.45) is 0 Å². The van der Waals surface area contributed by atoms with Gasteiger partial charge in [0.05, 0.1) is 12.6 Å². The number of benzene rings is 2. The Morgan fingerprint density at radius 2 is 1.82 bits per heavy atom. The molecular formula is C26H33N3O4. The highest BCUT2D eigenvalue weighted by Gasteiger charge is 2.23. The first-order valence-corrected chi connectivity index (χ1v) is 11.9. The zero-order chi connectivity index (χ0) is 23.0. The lowest BCUT2D eigenvalue weighted by Gasteiger charge is -2.34. The van der Waals surface area contributed by atoms with Gasteiger partial charge in [0.25, 0.3) is 5.91 Å². The van der Waals surface area contributed by atoms with Crippen LogP contribution in [0, 0.1) is 0 Å². The smallest absolute Gasteiger partial charge is 0.253 e. The minimum absolute atomic E-state index is 0.0154. The topological polar surface area (TPSA) is 71.1 Å². The van der Waals surface area contributed by atoms with Crippen molar-refractivity contribution in [3.8, 4) is 5.75 Å². The number of carbonyl (C=O) groups excluding carboxylic acids is 2. The molecule has 2 aromatic carbocycles. The summed E-state index contributed by atoms with van der Waals surface area (Å²) in [4.78, 5) is 29.3. The predicted molar refractivity (Wildman–Crippen MR) is 128 cm³/mol. The highest BCUT2D eigenvalue weighted by Crippen LogP contribution is 2.18. The molecule has 2 heterocycles. The van der Waals surface area contributed by atoms with Gasteiger partial charge in [-0.1, -0.05) is 25.1 Å². The lowest BCUT2D eigenvalue weighted by molar-refractivity contribution is -0.117. The van der Waals surface area contributed by atoms with Gasteiger partial charge in [-0.25, -0.2) is 0 Å². The van der Waals surface area contributed by atoms with Crippen molar-refractivity contribution in [3.05, 3.63) is 59.7 Å². The van der Waals surface area contributed by atoms with Crippen molar-refractivity contribution in [3.63, 3.8) is 0 Å². The molecule has 2 aliphatic heterocycles. The van der Waals surface area contributed by atoms with E-state index in [1.807, 2.05) is 53.4 Å². The molecule has 0 aromatic heterocycles. The molecule has 2 aliphatic rings. The van der Waals surface area contributed by atoms with Crippen molar-refractivity contribution < 1.29 is 19.1 Å². The van der Waals surface area contributed by atoms with Crippen molar-refractivity contribution in [1.29, 1.82) is 0 Å². The fraction of sp³-hybridized carbons (Fsp3) is 0.462. The van der Waals surface area contributed by atoms with Gasteiger partial charge in [-0.2, -0.15) is 0 Å². The molecule has 4 rings (SSSR count). The third kappa shape index (κ3) is 6.33. The van der Waals surface area contributed by atoms with Crippen LogP contribution in [0.2, 0.25) is 0 Å². The number of aryl methyl sites for hydroxylation is 1. The zero-order valence-electron chi connectivity index (χ0n) is 19.3. The number of rotatable bonds is 8. The van der Waals surface area contributed by atoms with E-state index >= 15 is 0 Å². The van der Waals surface area contributed by atoms with Gasteiger partial charge < -0.3 is 19.7 Å². The lowest BCUT2D eigenvalue weighted by Crippen LogP contribution is -2.50. The molecule has 0 saturated carbocycles. The first kappa shape index (κ1) is 23.3. The highest BCUT2D eigenvalue weighted by molar-refractivity contribution is 5.94. The van der Waals surface area contributed by atoms with E-state index in [1.54, 1.807) is 0 Å². The van der Waals surface area contributed by atoms with Gasteiger partial charge in [0, 0.05) is 44.0 Å². The molecule has 2 fully saturated rings. The standard InChI is InChI=1S/C26H33N3O4/c1-2-20-6-3-4-8-24(20)27-25(30)18-28-13-15-29(16-14-28)26(31)21-9-11-22(12-10-21)33-19-23-7-5-17-32-23/h3-4,6,8-12,23H,2,5,7,13-19H2,1H3,(H,27,30). The number of piperazine rings is 1. The summed E-state index contributed by atoms with van der Waals surface area (Å²) < 4.78 is 11.4. The Kier molecular flexibility index (Phi) is 7.96. The Bertz CT molecular complexity index is 933. The second-order valence-corrected chi connectivity index (χ2v) is 8.60. The lowest BCUT2D eigenvalue weighted by atomic mass is 10.1. The largest absolute Gasteiger partial charge is 0.491 e. The minimum atomic E-state index is -0.0192. The van der Waals surface area contributed by atoms with E-state index in [-0.39, 0.29) is 17.9 Å². The Morgan fingerprint density at radius 1 is 1.06 bits per heavy atom. The second kappa shape index (κ2) is 11.3. The number of hydrogen-bond donors (Lipinski definition) is 1. The van der Waals surface area contributed by atoms with Crippen LogP contribution in [0.4, 0.5) is 5.69 Å². The number of ether oxygens (including phenoxy) is 2. The molecule has 7 nitrogen and oxygen atoms in total. The maximum Gasteiger partial charge on any atom is 0.253 e. The molecule has 1 unspecified atom stereocenters. The SMILES string of the molecule is CCc1ccccc1NC(=O)CN1CCN(C(=O)c2ccc(OCC3CCCO3)cc2)CC1. The number of anilines is 1. The summed E-state index contributed by atoms with van der Waals surface area (Å²) in [5, 5.41) is 3.02. The maximum atomic E-state index is 12.9. The van der Waals surface area contributed by atoms with Gasteiger partial charge in [0.1, 0.15) is 12.4 Å². The van der Waals surface area contributed by atoms with Crippen molar-refractivity contribution >= 4 is 17.5 Å². The second-order valence-electron chi connectivity index (χ2n) is 8.60. The summed E-state index contributed by atoms with van der Waals surface area (Å²) in [6.07, 6.45) is 3.17. The molecule has 2 aromatic rings. The van der Waals surface area contributed by atoms with Crippen LogP contribution < -0.4 is 10.1 Å². The molecule has 0 radical (unpaired) electrons. The molecule has 176 valence electrons. The van der Waals surface area contributed by atoms with Crippen LogP contribution in [-0.4, -0.2) is 73.7 Å². The van der Waals surface area contributed by atoms with Gasteiger partial charge >= 0.3 is 0 Å². The average Bonchev–Trinajstić information content (AvgIpc) is 3.37. The number of para-hydroxylation sites is 1. The van der Waals surface area contributed by atoms with E-state index in [2.05, 4.69) is 17.1 Å². The van der Waals surface area contributed by atoms with Crippen LogP contribution in [0.5, 0.6) is 5.75 Å². The van der Waals surface area contributed by atoms with Gasteiger partial charge in [0.15, 0.2) is 0 Å². The number of hydrogen-bond acceptors (Lipinski definition) is 5. The maximum absolute atomic E-state index is 12.9. The Morgan fingerprint density at radius 3 is 2.52 bits per heavy atom. The first-order valence-electron chi connectivity index (χ1n) is 11.9. The van der Waals surface area contributed by atoms with Crippen LogP contribution in [0.15, 0.2) is 48.5 Å². The van der Waals surface area contributed by atoms with E-state index in [1.165, 1.54) is 0 Å². The van der Waals surface area contributed by atoms with Gasteiger partial charge in [0.2, 0.25) is 5.91 Å². The number of nitrogens with zero attached hydrogens (tertiary/aromatic N) is 2. The molecule has 33 heavy (non-hydrogen) atoms. The third-order valence-electron chi connectivity index (χ3n) is 6.26. The van der Waals surface area contributed by atoms with Crippen LogP contribution in [0.25, 0.3) is 0 Å². The Hall–Kier alpha value is -2.90. The van der Waals surface area contributed by atoms with Crippen LogP contribution in [-0.2, 0) is 16.0 Å². The number of carbonyl (C=O) groups is 2. The monoisotopic (exact) mass is 451 g/mol. The zero-order valence-corrected chi connectivity index (χ0v) is 19.3. The Labute approximate surface area is 195 Å². The number of nitrogens with one attached hydrogen (secondary N) is 1. The summed E-state index contributed by atoms with van der Waals surface area (Å²) in [7, 11) is 0. The normalized spacial score (nSPS) is 18.8. The molecule has 0 spiro atoms. The molecule has 2 saturated heterocycles.